The Morgan fingerprint density at radius 3 is 2.10 bits per heavy atom. The molecule has 0 aromatic heterocycles. The van der Waals surface area contributed by atoms with Crippen molar-refractivity contribution in [3.63, 3.8) is 0 Å². The fourth-order valence-corrected chi connectivity index (χ4v) is 14.8. The number of hydrogen-bond acceptors (Lipinski definition) is 7. The van der Waals surface area contributed by atoms with Gasteiger partial charge in [0, 0.05) is 17.3 Å². The van der Waals surface area contributed by atoms with Gasteiger partial charge in [-0.05, 0) is 135 Å². The highest BCUT2D eigenvalue weighted by Crippen LogP contribution is 2.76. The van der Waals surface area contributed by atoms with Crippen LogP contribution in [0.25, 0.3) is 0 Å². The van der Waals surface area contributed by atoms with E-state index < -0.39 is 60.5 Å². The maximum Gasteiger partial charge on any atom is 0.100 e. The number of aliphatic hydroxyl groups excluding tert-OH is 6. The first-order valence-corrected chi connectivity index (χ1v) is 20.8. The molecule has 0 amide bonds. The third-order valence-corrected chi connectivity index (χ3v) is 18.1. The zero-order valence-electron chi connectivity index (χ0n) is 32.7. The van der Waals surface area contributed by atoms with Gasteiger partial charge in [-0.1, -0.05) is 60.1 Å². The average molecular weight is 719 g/mol. The minimum atomic E-state index is -1.43. The number of aliphatic hydroxyl groups is 6. The highest BCUT2D eigenvalue weighted by Gasteiger charge is 2.70. The summed E-state index contributed by atoms with van der Waals surface area (Å²) >= 11 is 0. The molecule has 0 aromatic rings. The summed E-state index contributed by atoms with van der Waals surface area (Å²) in [5.41, 5.74) is 1.10. The fraction of sp³-hybridized carbons (Fsp3) is 0.953. The molecule has 51 heavy (non-hydrogen) atoms. The van der Waals surface area contributed by atoms with E-state index in [4.69, 9.17) is 4.74 Å². The van der Waals surface area contributed by atoms with Gasteiger partial charge in [-0.25, -0.2) is 4.39 Å². The van der Waals surface area contributed by atoms with Crippen LogP contribution in [0.5, 0.6) is 0 Å². The molecule has 292 valence electrons. The van der Waals surface area contributed by atoms with Crippen molar-refractivity contribution in [2.45, 2.75) is 187 Å². The topological polar surface area (TPSA) is 131 Å². The van der Waals surface area contributed by atoms with Crippen LogP contribution in [0, 0.1) is 62.1 Å². The highest BCUT2D eigenvalue weighted by molar-refractivity contribution is 5.34. The van der Waals surface area contributed by atoms with Gasteiger partial charge in [0.1, 0.15) is 6.17 Å². The van der Waals surface area contributed by atoms with Gasteiger partial charge in [0.05, 0.1) is 49.3 Å². The lowest BCUT2D eigenvalue weighted by atomic mass is 9.33. The molecule has 0 aromatic carbocycles. The third-order valence-electron chi connectivity index (χ3n) is 18.1. The van der Waals surface area contributed by atoms with E-state index in [0.29, 0.717) is 24.7 Å². The molecule has 0 saturated heterocycles. The minimum Gasteiger partial charge on any atom is -0.396 e. The summed E-state index contributed by atoms with van der Waals surface area (Å²) in [7, 11) is 0. The van der Waals surface area contributed by atoms with E-state index in [9.17, 15) is 35.0 Å². The largest absolute Gasteiger partial charge is 0.396 e. The van der Waals surface area contributed by atoms with E-state index in [1.807, 2.05) is 0 Å². The molecular weight excluding hydrogens is 647 g/mol. The van der Waals surface area contributed by atoms with Crippen LogP contribution in [-0.2, 0) is 4.74 Å². The summed E-state index contributed by atoms with van der Waals surface area (Å²) in [6.07, 6.45) is 8.23. The number of halogens is 1. The Hall–Kier alpha value is -0.610. The first-order chi connectivity index (χ1) is 23.8. The van der Waals surface area contributed by atoms with Gasteiger partial charge in [0.2, 0.25) is 0 Å². The predicted octanol–water partition coefficient (Wildman–Crippen LogP) is 6.50. The van der Waals surface area contributed by atoms with Crippen LogP contribution in [0.2, 0.25) is 0 Å². The molecule has 0 heterocycles. The van der Waals surface area contributed by atoms with Gasteiger partial charge in [-0.15, -0.1) is 0 Å². The smallest absolute Gasteiger partial charge is 0.100 e. The van der Waals surface area contributed by atoms with Crippen LogP contribution in [0.3, 0.4) is 0 Å². The summed E-state index contributed by atoms with van der Waals surface area (Å²) in [5, 5.41) is 66.6. The van der Waals surface area contributed by atoms with Gasteiger partial charge in [-0.2, -0.15) is 0 Å². The maximum absolute atomic E-state index is 13.9. The van der Waals surface area contributed by atoms with Gasteiger partial charge in [-0.3, -0.25) is 0 Å². The number of ether oxygens (including phenoxy) is 1. The first-order valence-electron chi connectivity index (χ1n) is 20.8. The lowest BCUT2D eigenvalue weighted by Gasteiger charge is -2.72. The molecule has 6 unspecified atom stereocenters. The molecular formula is C43H71FO7. The molecule has 15 atom stereocenters. The maximum atomic E-state index is 13.9. The van der Waals surface area contributed by atoms with E-state index in [1.165, 1.54) is 5.57 Å². The van der Waals surface area contributed by atoms with Gasteiger partial charge < -0.3 is 35.4 Å². The van der Waals surface area contributed by atoms with Crippen molar-refractivity contribution in [2.75, 3.05) is 6.61 Å². The number of fused-ring (bicyclic) bond motifs is 7. The molecule has 0 bridgehead atoms. The molecule has 7 aliphatic carbocycles. The highest BCUT2D eigenvalue weighted by atomic mass is 19.1. The van der Waals surface area contributed by atoms with E-state index in [1.54, 1.807) is 0 Å². The average Bonchev–Trinajstić information content (AvgIpc) is 3.28. The fourth-order valence-electron chi connectivity index (χ4n) is 14.8. The van der Waals surface area contributed by atoms with Gasteiger partial charge >= 0.3 is 0 Å². The lowest BCUT2D eigenvalue weighted by Crippen LogP contribution is -2.66. The van der Waals surface area contributed by atoms with E-state index in [2.05, 4.69) is 54.5 Å². The second-order valence-corrected chi connectivity index (χ2v) is 21.1. The third kappa shape index (κ3) is 5.63. The van der Waals surface area contributed by atoms with E-state index in [-0.39, 0.29) is 45.2 Å². The molecule has 6 fully saturated rings. The van der Waals surface area contributed by atoms with Crippen LogP contribution in [0.4, 0.5) is 4.39 Å². The molecule has 7 nitrogen and oxygen atoms in total. The number of alkyl halides is 1. The van der Waals surface area contributed by atoms with Crippen molar-refractivity contribution < 1.29 is 39.8 Å². The molecule has 0 radical (unpaired) electrons. The van der Waals surface area contributed by atoms with Crippen molar-refractivity contribution in [1.82, 2.24) is 0 Å². The van der Waals surface area contributed by atoms with Gasteiger partial charge in [0.15, 0.2) is 0 Å². The molecule has 6 N–H and O–H groups in total. The monoisotopic (exact) mass is 719 g/mol. The Labute approximate surface area is 306 Å². The Kier molecular flexibility index (Phi) is 9.84. The number of rotatable bonds is 6. The Morgan fingerprint density at radius 1 is 0.784 bits per heavy atom. The van der Waals surface area contributed by atoms with Crippen molar-refractivity contribution in [3.8, 4) is 0 Å². The second-order valence-electron chi connectivity index (χ2n) is 21.1. The summed E-state index contributed by atoms with van der Waals surface area (Å²) in [6.45, 7) is 16.7. The lowest BCUT2D eigenvalue weighted by molar-refractivity contribution is -0.227. The van der Waals surface area contributed by atoms with Crippen LogP contribution in [-0.4, -0.2) is 86.1 Å². The zero-order chi connectivity index (χ0) is 37.1. The van der Waals surface area contributed by atoms with Gasteiger partial charge in [0.25, 0.3) is 0 Å². The number of allylic oxidation sites excluding steroid dienone is 2. The van der Waals surface area contributed by atoms with Crippen LogP contribution >= 0.6 is 0 Å². The summed E-state index contributed by atoms with van der Waals surface area (Å²) < 4.78 is 20.8. The summed E-state index contributed by atoms with van der Waals surface area (Å²) in [5.74, 6) is -0.989. The summed E-state index contributed by atoms with van der Waals surface area (Å²) in [6, 6.07) is 0. The Morgan fingerprint density at radius 2 is 1.45 bits per heavy atom. The Bertz CT molecular complexity index is 1330. The molecule has 0 spiro atoms. The van der Waals surface area contributed by atoms with Crippen LogP contribution in [0.1, 0.15) is 138 Å². The first kappa shape index (κ1) is 38.7. The van der Waals surface area contributed by atoms with Crippen molar-refractivity contribution in [2.24, 2.45) is 62.1 Å². The van der Waals surface area contributed by atoms with E-state index >= 15 is 0 Å². The summed E-state index contributed by atoms with van der Waals surface area (Å²) in [4.78, 5) is 0. The molecule has 7 rings (SSSR count). The zero-order valence-corrected chi connectivity index (χ0v) is 32.7. The van der Waals surface area contributed by atoms with Crippen molar-refractivity contribution in [3.05, 3.63) is 11.6 Å². The molecule has 8 heteroatoms. The molecule has 6 saturated carbocycles. The number of hydrogen-bond donors (Lipinski definition) is 6. The van der Waals surface area contributed by atoms with Crippen molar-refractivity contribution in [1.29, 1.82) is 0 Å². The molecule has 7 aliphatic rings. The van der Waals surface area contributed by atoms with Crippen LogP contribution < -0.4 is 0 Å². The predicted molar refractivity (Wildman–Crippen MR) is 195 cm³/mol. The Balaban J connectivity index is 1.19. The normalized spacial score (nSPS) is 53.1. The standard InChI is InChI=1S/C43H71FO7/c1-38(2)18-20-43(37(50)36(49)32-33(46)26(23-45)34(47)35(32)48)21-19-41(6)27(28(43)22-38)12-13-30-40(5)16-15-31(51-25-10-8-24(44)9-11-25)39(3,4)29(40)14-17-42(30,41)7/h12,24-26,28-37,45-50H,8-11,13-23H2,1-7H3/t24?,25?,26?,28?,29?,30?,31-,32+,33?,34-,35?,36-,37+,40-,41+,42+,43-/m0/s1. The molecule has 0 aliphatic heterocycles. The van der Waals surface area contributed by atoms with E-state index in [0.717, 1.165) is 77.0 Å². The quantitative estimate of drug-likeness (QED) is 0.173. The van der Waals surface area contributed by atoms with Crippen molar-refractivity contribution >= 4 is 0 Å². The van der Waals surface area contributed by atoms with Crippen LogP contribution in [0.15, 0.2) is 11.6 Å². The minimum absolute atomic E-state index is 0.0269. The SMILES string of the molecule is CC1(C)CC[C@]2([C@H](O)[C@@H](O)[C@@H]3C(O)C(CO)[C@H](O)C3O)CC[C@]3(C)C(=CCC4[C@@]5(C)CC[C@H](OC6CCC(F)CC6)C(C)(C)C5CC[C@]43C)C2C1. The second kappa shape index (κ2) is 13.0.